The predicted molar refractivity (Wildman–Crippen MR) is 77.2 cm³/mol. The van der Waals surface area contributed by atoms with E-state index in [4.69, 9.17) is 0 Å². The number of hydrogen-bond acceptors (Lipinski definition) is 4. The summed E-state index contributed by atoms with van der Waals surface area (Å²) in [6.45, 7) is 0. The van der Waals surface area contributed by atoms with Crippen LogP contribution in [0, 0.1) is 0 Å². The number of carbonyl (C=O) groups excluding carboxylic acids is 2. The lowest BCUT2D eigenvalue weighted by atomic mass is 10.0. The first-order valence-corrected chi connectivity index (χ1v) is 6.92. The third kappa shape index (κ3) is 3.78. The second kappa shape index (κ2) is 6.16. The van der Waals surface area contributed by atoms with Crippen molar-refractivity contribution in [3.05, 3.63) is 57.0 Å². The number of pyridine rings is 2. The Labute approximate surface area is 126 Å². The number of hydrogen-bond donors (Lipinski definition) is 0. The molecule has 0 saturated carbocycles. The first kappa shape index (κ1) is 14.0. The third-order valence-corrected chi connectivity index (χ3v) is 3.24. The van der Waals surface area contributed by atoms with Gasteiger partial charge in [-0.15, -0.1) is 0 Å². The molecule has 0 fully saturated rings. The van der Waals surface area contributed by atoms with Crippen LogP contribution in [-0.2, 0) is 0 Å². The van der Waals surface area contributed by atoms with Crippen LogP contribution in [-0.4, -0.2) is 21.5 Å². The van der Waals surface area contributed by atoms with Crippen molar-refractivity contribution in [2.24, 2.45) is 0 Å². The molecule has 2 aromatic heterocycles. The lowest BCUT2D eigenvalue weighted by Crippen LogP contribution is -2.09. The summed E-state index contributed by atoms with van der Waals surface area (Å²) in [5, 5.41) is 0. The van der Waals surface area contributed by atoms with Gasteiger partial charge in [-0.1, -0.05) is 0 Å². The Balaban J connectivity index is 2.13. The number of Topliss-reactive ketones (excluding diaryl/α,β-unsaturated/α-hetero) is 2. The molecule has 19 heavy (non-hydrogen) atoms. The second-order valence-corrected chi connectivity index (χ2v) is 5.64. The van der Waals surface area contributed by atoms with Gasteiger partial charge in [0.05, 0.1) is 6.42 Å². The summed E-state index contributed by atoms with van der Waals surface area (Å²) in [7, 11) is 0. The van der Waals surface area contributed by atoms with Gasteiger partial charge in [-0.3, -0.25) is 19.6 Å². The van der Waals surface area contributed by atoms with Crippen LogP contribution in [0.25, 0.3) is 0 Å². The fourth-order valence-corrected chi connectivity index (χ4v) is 2.21. The SMILES string of the molecule is O=C(CC(=O)c1cncc(Br)c1)c1cncc(Br)c1. The molecule has 2 aromatic rings. The van der Waals surface area contributed by atoms with Crippen LogP contribution in [0.3, 0.4) is 0 Å². The highest BCUT2D eigenvalue weighted by Gasteiger charge is 2.14. The van der Waals surface area contributed by atoms with Crippen LogP contribution in [0.2, 0.25) is 0 Å². The largest absolute Gasteiger partial charge is 0.294 e. The van der Waals surface area contributed by atoms with Gasteiger partial charge in [0.25, 0.3) is 0 Å². The molecule has 96 valence electrons. The van der Waals surface area contributed by atoms with Crippen LogP contribution >= 0.6 is 31.9 Å². The van der Waals surface area contributed by atoms with Gasteiger partial charge in [-0.2, -0.15) is 0 Å². The molecule has 0 unspecified atom stereocenters. The maximum Gasteiger partial charge on any atom is 0.172 e. The quantitative estimate of drug-likeness (QED) is 0.599. The zero-order valence-corrected chi connectivity index (χ0v) is 12.8. The first-order valence-electron chi connectivity index (χ1n) is 5.34. The Hall–Kier alpha value is -1.40. The van der Waals surface area contributed by atoms with E-state index in [-0.39, 0.29) is 18.0 Å². The van der Waals surface area contributed by atoms with Crippen molar-refractivity contribution in [2.45, 2.75) is 6.42 Å². The molecule has 0 aliphatic carbocycles. The van der Waals surface area contributed by atoms with E-state index >= 15 is 0 Å². The zero-order chi connectivity index (χ0) is 13.8. The number of rotatable bonds is 4. The number of nitrogens with zero attached hydrogens (tertiary/aromatic N) is 2. The fraction of sp³-hybridized carbons (Fsp3) is 0.0769. The highest BCUT2D eigenvalue weighted by atomic mass is 79.9. The highest BCUT2D eigenvalue weighted by molar-refractivity contribution is 9.10. The monoisotopic (exact) mass is 382 g/mol. The second-order valence-electron chi connectivity index (χ2n) is 3.81. The predicted octanol–water partition coefficient (Wildman–Crippen LogP) is 3.46. The minimum Gasteiger partial charge on any atom is -0.294 e. The maximum atomic E-state index is 12.0. The molecule has 0 saturated heterocycles. The summed E-state index contributed by atoms with van der Waals surface area (Å²) in [6.07, 6.45) is 5.85. The Morgan fingerprint density at radius 1 is 0.842 bits per heavy atom. The molecule has 0 radical (unpaired) electrons. The number of halogens is 2. The fourth-order valence-electron chi connectivity index (χ4n) is 1.48. The molecule has 2 rings (SSSR count). The van der Waals surface area contributed by atoms with Crippen molar-refractivity contribution < 1.29 is 9.59 Å². The van der Waals surface area contributed by atoms with Crippen molar-refractivity contribution in [1.29, 1.82) is 0 Å². The van der Waals surface area contributed by atoms with E-state index in [1.54, 1.807) is 24.5 Å². The molecule has 0 aliphatic heterocycles. The molecule has 2 heterocycles. The average molecular weight is 384 g/mol. The standard InChI is InChI=1S/C13H8Br2N2O2/c14-10-1-8(4-16-6-10)12(18)3-13(19)9-2-11(15)7-17-5-9/h1-2,4-7H,3H2. The Morgan fingerprint density at radius 3 is 1.63 bits per heavy atom. The molecular weight excluding hydrogens is 376 g/mol. The topological polar surface area (TPSA) is 59.9 Å². The van der Waals surface area contributed by atoms with Gasteiger partial charge in [-0.05, 0) is 44.0 Å². The number of ketones is 2. The molecule has 0 amide bonds. The van der Waals surface area contributed by atoms with E-state index in [2.05, 4.69) is 41.8 Å². The van der Waals surface area contributed by atoms with Gasteiger partial charge in [0, 0.05) is 44.9 Å². The van der Waals surface area contributed by atoms with Crippen LogP contribution in [0.15, 0.2) is 45.9 Å². The van der Waals surface area contributed by atoms with Gasteiger partial charge in [0.2, 0.25) is 0 Å². The van der Waals surface area contributed by atoms with Crippen molar-refractivity contribution >= 4 is 43.4 Å². The minimum absolute atomic E-state index is 0.198. The normalized spacial score (nSPS) is 10.2. The Kier molecular flexibility index (Phi) is 4.55. The maximum absolute atomic E-state index is 12.0. The van der Waals surface area contributed by atoms with Crippen molar-refractivity contribution in [1.82, 2.24) is 9.97 Å². The van der Waals surface area contributed by atoms with E-state index in [1.807, 2.05) is 0 Å². The molecule has 4 nitrogen and oxygen atoms in total. The third-order valence-electron chi connectivity index (χ3n) is 2.37. The molecule has 0 aromatic carbocycles. The van der Waals surface area contributed by atoms with Crippen molar-refractivity contribution in [2.75, 3.05) is 0 Å². The van der Waals surface area contributed by atoms with E-state index in [1.165, 1.54) is 12.4 Å². The van der Waals surface area contributed by atoms with Crippen LogP contribution < -0.4 is 0 Å². The van der Waals surface area contributed by atoms with Gasteiger partial charge in [0.1, 0.15) is 0 Å². The first-order chi connectivity index (χ1) is 9.06. The number of carbonyl (C=O) groups is 2. The molecule has 0 bridgehead atoms. The average Bonchev–Trinajstić information content (AvgIpc) is 2.38. The Bertz CT molecular complexity index is 589. The summed E-state index contributed by atoms with van der Waals surface area (Å²) in [5.74, 6) is -0.530. The molecule has 0 spiro atoms. The molecule has 0 aliphatic rings. The molecule has 0 atom stereocenters. The molecule has 0 N–H and O–H groups in total. The highest BCUT2D eigenvalue weighted by Crippen LogP contribution is 2.14. The molecular formula is C13H8Br2N2O2. The van der Waals surface area contributed by atoms with Gasteiger partial charge < -0.3 is 0 Å². The van der Waals surface area contributed by atoms with Gasteiger partial charge >= 0.3 is 0 Å². The summed E-state index contributed by atoms with van der Waals surface area (Å²) < 4.78 is 1.41. The van der Waals surface area contributed by atoms with E-state index in [0.717, 1.165) is 0 Å². The smallest absolute Gasteiger partial charge is 0.172 e. The van der Waals surface area contributed by atoms with Crippen molar-refractivity contribution in [3.63, 3.8) is 0 Å². The minimum atomic E-state index is -0.265. The van der Waals surface area contributed by atoms with Gasteiger partial charge in [-0.25, -0.2) is 0 Å². The van der Waals surface area contributed by atoms with Crippen LogP contribution in [0.5, 0.6) is 0 Å². The summed E-state index contributed by atoms with van der Waals surface area (Å²) >= 11 is 6.47. The van der Waals surface area contributed by atoms with E-state index in [0.29, 0.717) is 20.1 Å². The summed E-state index contributed by atoms with van der Waals surface area (Å²) in [5.41, 5.74) is 0.816. The zero-order valence-electron chi connectivity index (χ0n) is 9.64. The lowest BCUT2D eigenvalue weighted by Gasteiger charge is -2.02. The van der Waals surface area contributed by atoms with Crippen LogP contribution in [0.1, 0.15) is 27.1 Å². The van der Waals surface area contributed by atoms with E-state index < -0.39 is 0 Å². The van der Waals surface area contributed by atoms with Crippen LogP contribution in [0.4, 0.5) is 0 Å². The Morgan fingerprint density at radius 2 is 1.26 bits per heavy atom. The summed E-state index contributed by atoms with van der Waals surface area (Å²) in [4.78, 5) is 31.7. The number of aromatic nitrogens is 2. The van der Waals surface area contributed by atoms with Crippen molar-refractivity contribution in [3.8, 4) is 0 Å². The van der Waals surface area contributed by atoms with E-state index in [9.17, 15) is 9.59 Å². The lowest BCUT2D eigenvalue weighted by molar-refractivity contribution is 0.0894. The molecule has 6 heteroatoms. The van der Waals surface area contributed by atoms with Gasteiger partial charge in [0.15, 0.2) is 11.6 Å². The summed E-state index contributed by atoms with van der Waals surface area (Å²) in [6, 6.07) is 3.28.